The topological polar surface area (TPSA) is 68.9 Å². The first-order chi connectivity index (χ1) is 15.1. The van der Waals surface area contributed by atoms with Crippen LogP contribution in [0, 0.1) is 6.92 Å². The molecule has 0 radical (unpaired) electrons. The van der Waals surface area contributed by atoms with E-state index >= 15 is 0 Å². The van der Waals surface area contributed by atoms with Gasteiger partial charge in [0.15, 0.2) is 0 Å². The highest BCUT2D eigenvalue weighted by Gasteiger charge is 2.19. The van der Waals surface area contributed by atoms with E-state index in [1.807, 2.05) is 55.5 Å². The lowest BCUT2D eigenvalue weighted by Gasteiger charge is -2.14. The molecule has 5 heteroatoms. The predicted molar refractivity (Wildman–Crippen MR) is 121 cm³/mol. The van der Waals surface area contributed by atoms with Crippen LogP contribution in [0.3, 0.4) is 0 Å². The Morgan fingerprint density at radius 3 is 2.45 bits per heavy atom. The lowest BCUT2D eigenvalue weighted by molar-refractivity contribution is 0.309. The summed E-state index contributed by atoms with van der Waals surface area (Å²) in [5.41, 5.74) is 1.83. The van der Waals surface area contributed by atoms with E-state index in [0.29, 0.717) is 50.6 Å². The quantitative estimate of drug-likeness (QED) is 0.303. The number of hydrogen-bond acceptors (Lipinski definition) is 5. The molecule has 5 nitrogen and oxygen atoms in total. The first kappa shape index (κ1) is 19.0. The number of fused-ring (bicyclic) bond motifs is 5. The summed E-state index contributed by atoms with van der Waals surface area (Å²) in [6.07, 6.45) is 0. The van der Waals surface area contributed by atoms with Gasteiger partial charge in [-0.25, -0.2) is 4.79 Å². The molecule has 0 saturated carbocycles. The summed E-state index contributed by atoms with van der Waals surface area (Å²) in [5, 5.41) is 13.7. The van der Waals surface area contributed by atoms with Crippen LogP contribution in [0.4, 0.5) is 0 Å². The molecule has 0 amide bonds. The molecule has 0 saturated heterocycles. The Labute approximate surface area is 178 Å². The van der Waals surface area contributed by atoms with E-state index < -0.39 is 5.63 Å². The lowest BCUT2D eigenvalue weighted by Crippen LogP contribution is -2.02. The van der Waals surface area contributed by atoms with Crippen molar-refractivity contribution in [2.24, 2.45) is 0 Å². The van der Waals surface area contributed by atoms with Crippen LogP contribution in [0.5, 0.6) is 17.2 Å². The van der Waals surface area contributed by atoms with Gasteiger partial charge in [-0.3, -0.25) is 0 Å². The first-order valence-corrected chi connectivity index (χ1v) is 9.93. The van der Waals surface area contributed by atoms with E-state index in [-0.39, 0.29) is 5.75 Å². The summed E-state index contributed by atoms with van der Waals surface area (Å²) < 4.78 is 17.3. The number of aryl methyl sites for hydroxylation is 1. The van der Waals surface area contributed by atoms with Crippen molar-refractivity contribution in [3.63, 3.8) is 0 Å². The van der Waals surface area contributed by atoms with Gasteiger partial charge in [0.2, 0.25) is 0 Å². The van der Waals surface area contributed by atoms with Crippen LogP contribution >= 0.6 is 0 Å². The van der Waals surface area contributed by atoms with Crippen molar-refractivity contribution in [3.05, 3.63) is 88.3 Å². The molecule has 5 rings (SSSR count). The second-order valence-electron chi connectivity index (χ2n) is 7.50. The molecule has 1 N–H and O–H groups in total. The van der Waals surface area contributed by atoms with Crippen LogP contribution < -0.4 is 15.1 Å². The fraction of sp³-hybridized carbons (Fsp3) is 0.115. The third-order valence-electron chi connectivity index (χ3n) is 5.44. The first-order valence-electron chi connectivity index (χ1n) is 9.93. The number of aromatic hydroxyl groups is 1. The highest BCUT2D eigenvalue weighted by Crippen LogP contribution is 2.42. The molecule has 4 aromatic carbocycles. The van der Waals surface area contributed by atoms with Gasteiger partial charge in [-0.05, 0) is 42.3 Å². The fourth-order valence-electron chi connectivity index (χ4n) is 4.06. The van der Waals surface area contributed by atoms with Gasteiger partial charge in [0.25, 0.3) is 0 Å². The number of methoxy groups -OCH3 is 1. The Bertz CT molecular complexity index is 1500. The van der Waals surface area contributed by atoms with Gasteiger partial charge in [0.1, 0.15) is 29.4 Å². The molecule has 0 unspecified atom stereocenters. The molecule has 5 aromatic rings. The number of rotatable bonds is 4. The van der Waals surface area contributed by atoms with Crippen molar-refractivity contribution in [3.8, 4) is 17.2 Å². The molecule has 0 aliphatic rings. The predicted octanol–water partition coefficient (Wildman–Crippen LogP) is 5.70. The average molecular weight is 412 g/mol. The minimum Gasteiger partial charge on any atom is -0.507 e. The zero-order valence-corrected chi connectivity index (χ0v) is 17.1. The van der Waals surface area contributed by atoms with Crippen molar-refractivity contribution < 1.29 is 19.0 Å². The second kappa shape index (κ2) is 7.36. The molecule has 0 aliphatic heterocycles. The lowest BCUT2D eigenvalue weighted by atomic mass is 9.99. The Morgan fingerprint density at radius 1 is 0.871 bits per heavy atom. The van der Waals surface area contributed by atoms with Gasteiger partial charge in [-0.15, -0.1) is 0 Å². The second-order valence-corrected chi connectivity index (χ2v) is 7.50. The van der Waals surface area contributed by atoms with Gasteiger partial charge in [-0.2, -0.15) is 0 Å². The van der Waals surface area contributed by atoms with Crippen LogP contribution in [0.1, 0.15) is 11.1 Å². The van der Waals surface area contributed by atoms with E-state index in [1.165, 1.54) is 0 Å². The monoisotopic (exact) mass is 412 g/mol. The van der Waals surface area contributed by atoms with Crippen LogP contribution in [0.25, 0.3) is 32.5 Å². The molecule has 31 heavy (non-hydrogen) atoms. The summed E-state index contributed by atoms with van der Waals surface area (Å²) in [7, 11) is 1.56. The Hall–Kier alpha value is -3.99. The molecule has 0 spiro atoms. The molecular formula is C26H20O5. The van der Waals surface area contributed by atoms with Crippen molar-refractivity contribution in [2.75, 3.05) is 7.11 Å². The van der Waals surface area contributed by atoms with Crippen LogP contribution in [-0.4, -0.2) is 12.2 Å². The molecule has 1 heterocycles. The highest BCUT2D eigenvalue weighted by molar-refractivity contribution is 6.18. The van der Waals surface area contributed by atoms with Crippen LogP contribution in [0.2, 0.25) is 0 Å². The molecule has 0 fully saturated rings. The molecular weight excluding hydrogens is 392 g/mol. The molecule has 0 aliphatic carbocycles. The van der Waals surface area contributed by atoms with E-state index in [4.69, 9.17) is 13.9 Å². The number of hydrogen-bond donors (Lipinski definition) is 1. The number of phenolic OH excluding ortho intramolecular Hbond substituents is 1. The van der Waals surface area contributed by atoms with Gasteiger partial charge in [-0.1, -0.05) is 42.5 Å². The average Bonchev–Trinajstić information content (AvgIpc) is 2.78. The minimum atomic E-state index is -0.452. The maximum atomic E-state index is 12.8. The normalized spacial score (nSPS) is 11.3. The standard InChI is InChI=1S/C26H20O5/c1-15-11-19-23(22(12-15)29-2)18-13-20(27)24-17(25(18)31-26(19)28)9-6-10-21(24)30-14-16-7-4-3-5-8-16/h3-13,27H,14H2,1-2H3. The van der Waals surface area contributed by atoms with E-state index in [0.717, 1.165) is 11.1 Å². The largest absolute Gasteiger partial charge is 0.507 e. The van der Waals surface area contributed by atoms with Crippen LogP contribution in [0.15, 0.2) is 75.9 Å². The smallest absolute Gasteiger partial charge is 0.344 e. The summed E-state index contributed by atoms with van der Waals surface area (Å²) in [6.45, 7) is 2.24. The van der Waals surface area contributed by atoms with Gasteiger partial charge in [0, 0.05) is 16.2 Å². The van der Waals surface area contributed by atoms with E-state index in [9.17, 15) is 9.90 Å². The molecule has 154 valence electrons. The molecule has 0 atom stereocenters. The molecule has 0 bridgehead atoms. The van der Waals surface area contributed by atoms with Crippen molar-refractivity contribution in [1.82, 2.24) is 0 Å². The Balaban J connectivity index is 1.78. The number of phenols is 1. The van der Waals surface area contributed by atoms with Crippen molar-refractivity contribution >= 4 is 32.5 Å². The molecule has 1 aromatic heterocycles. The fourth-order valence-corrected chi connectivity index (χ4v) is 4.06. The van der Waals surface area contributed by atoms with E-state index in [2.05, 4.69) is 0 Å². The summed E-state index contributed by atoms with van der Waals surface area (Å²) in [4.78, 5) is 12.8. The zero-order chi connectivity index (χ0) is 21.5. The summed E-state index contributed by atoms with van der Waals surface area (Å²) in [6, 6.07) is 20.4. The van der Waals surface area contributed by atoms with Crippen molar-refractivity contribution in [1.29, 1.82) is 0 Å². The maximum Gasteiger partial charge on any atom is 0.344 e. The van der Waals surface area contributed by atoms with Gasteiger partial charge in [0.05, 0.1) is 17.9 Å². The third-order valence-corrected chi connectivity index (χ3v) is 5.44. The maximum absolute atomic E-state index is 12.8. The Morgan fingerprint density at radius 2 is 1.68 bits per heavy atom. The highest BCUT2D eigenvalue weighted by atomic mass is 16.5. The zero-order valence-electron chi connectivity index (χ0n) is 17.1. The van der Waals surface area contributed by atoms with Gasteiger partial charge < -0.3 is 19.0 Å². The summed E-state index contributed by atoms with van der Waals surface area (Å²) >= 11 is 0. The number of ether oxygens (including phenoxy) is 2. The van der Waals surface area contributed by atoms with Gasteiger partial charge >= 0.3 is 5.63 Å². The third kappa shape index (κ3) is 3.15. The Kier molecular flexibility index (Phi) is 4.51. The summed E-state index contributed by atoms with van der Waals surface area (Å²) in [5.74, 6) is 1.12. The van der Waals surface area contributed by atoms with Crippen molar-refractivity contribution in [2.45, 2.75) is 13.5 Å². The van der Waals surface area contributed by atoms with E-state index in [1.54, 1.807) is 25.3 Å². The van der Waals surface area contributed by atoms with Crippen LogP contribution in [-0.2, 0) is 6.61 Å². The SMILES string of the molecule is COc1cc(C)cc2c(=O)oc3c4cccc(OCc5ccccc5)c4c(O)cc3c12. The number of benzene rings is 4. The minimum absolute atomic E-state index is 0.0453.